The summed E-state index contributed by atoms with van der Waals surface area (Å²) in [6, 6.07) is 0. The Labute approximate surface area is 325 Å². The van der Waals surface area contributed by atoms with E-state index in [2.05, 4.69) is 10.6 Å². The Bertz CT molecular complexity index is 1040. The summed E-state index contributed by atoms with van der Waals surface area (Å²) in [4.78, 5) is 71.1. The predicted molar refractivity (Wildman–Crippen MR) is 209 cm³/mol. The lowest BCUT2D eigenvalue weighted by molar-refractivity contribution is -0.145. The van der Waals surface area contributed by atoms with Crippen LogP contribution in [-0.4, -0.2) is 85.6 Å². The van der Waals surface area contributed by atoms with Gasteiger partial charge in [-0.25, -0.2) is 0 Å². The van der Waals surface area contributed by atoms with E-state index in [0.717, 1.165) is 64.2 Å². The third kappa shape index (κ3) is 28.6. The molecule has 0 aliphatic heterocycles. The molecule has 54 heavy (non-hydrogen) atoms. The summed E-state index contributed by atoms with van der Waals surface area (Å²) in [5.41, 5.74) is 0. The normalized spacial score (nSPS) is 16.1. The minimum Gasteiger partial charge on any atom is -0.481 e. The summed E-state index contributed by atoms with van der Waals surface area (Å²) in [6.07, 6.45) is 24.9. The third-order valence-corrected chi connectivity index (χ3v) is 10.7. The number of hydrogen-bond donors (Lipinski definition) is 4. The van der Waals surface area contributed by atoms with Gasteiger partial charge in [-0.1, -0.05) is 89.9 Å². The molecule has 1 saturated carbocycles. The van der Waals surface area contributed by atoms with Gasteiger partial charge < -0.3 is 30.3 Å². The minimum absolute atomic E-state index is 0.0181. The van der Waals surface area contributed by atoms with Gasteiger partial charge in [0.2, 0.25) is 11.8 Å². The van der Waals surface area contributed by atoms with Crippen molar-refractivity contribution in [2.75, 3.05) is 40.0 Å². The van der Waals surface area contributed by atoms with Crippen molar-refractivity contribution in [3.8, 4) is 0 Å². The van der Waals surface area contributed by atoms with E-state index >= 15 is 0 Å². The summed E-state index contributed by atoms with van der Waals surface area (Å²) < 4.78 is 10.5. The van der Waals surface area contributed by atoms with Gasteiger partial charge in [-0.15, -0.1) is 0 Å². The van der Waals surface area contributed by atoms with Crippen molar-refractivity contribution in [2.45, 2.75) is 173 Å². The molecule has 0 aromatic rings. The van der Waals surface area contributed by atoms with Crippen LogP contribution in [0.1, 0.15) is 173 Å². The van der Waals surface area contributed by atoms with Crippen molar-refractivity contribution in [2.24, 2.45) is 17.8 Å². The van der Waals surface area contributed by atoms with Gasteiger partial charge in [0.25, 0.3) is 0 Å². The second-order valence-electron chi connectivity index (χ2n) is 15.3. The van der Waals surface area contributed by atoms with Gasteiger partial charge in [-0.2, -0.15) is 0 Å². The molecule has 2 amide bonds. The Morgan fingerprint density at radius 2 is 1.13 bits per heavy atom. The number of Topliss-reactive ketones (excluding diaryl/α,β-unsaturated/α-hetero) is 2. The number of ketones is 2. The maximum Gasteiger partial charge on any atom is 0.306 e. The molecule has 0 radical (unpaired) electrons. The van der Waals surface area contributed by atoms with Gasteiger partial charge in [0.1, 0.15) is 18.2 Å². The summed E-state index contributed by atoms with van der Waals surface area (Å²) in [5.74, 6) is -2.53. The Morgan fingerprint density at radius 1 is 0.611 bits per heavy atom. The van der Waals surface area contributed by atoms with Crippen LogP contribution in [0.3, 0.4) is 0 Å². The summed E-state index contributed by atoms with van der Waals surface area (Å²) in [7, 11) is 1.53. The molecule has 0 aromatic carbocycles. The number of carbonyl (C=O) groups excluding carboxylic acids is 4. The highest BCUT2D eigenvalue weighted by Crippen LogP contribution is 2.34. The van der Waals surface area contributed by atoms with Gasteiger partial charge in [0.15, 0.2) is 0 Å². The van der Waals surface area contributed by atoms with Crippen molar-refractivity contribution in [1.29, 1.82) is 0 Å². The number of unbranched alkanes of at least 4 members (excludes halogenated alkanes) is 15. The molecule has 0 aromatic heterocycles. The number of hydrogen-bond acceptors (Lipinski definition) is 8. The van der Waals surface area contributed by atoms with Crippen LogP contribution in [0.15, 0.2) is 0 Å². The predicted octanol–water partition coefficient (Wildman–Crippen LogP) is 7.58. The van der Waals surface area contributed by atoms with E-state index < -0.39 is 17.9 Å². The van der Waals surface area contributed by atoms with Crippen LogP contribution in [0, 0.1) is 17.8 Å². The lowest BCUT2D eigenvalue weighted by atomic mass is 9.76. The molecule has 0 unspecified atom stereocenters. The first-order valence-electron chi connectivity index (χ1n) is 21.2. The second-order valence-corrected chi connectivity index (χ2v) is 15.3. The van der Waals surface area contributed by atoms with E-state index in [1.54, 1.807) is 0 Å². The van der Waals surface area contributed by atoms with Crippen molar-refractivity contribution in [1.82, 2.24) is 10.6 Å². The van der Waals surface area contributed by atoms with Crippen LogP contribution in [0.4, 0.5) is 0 Å². The van der Waals surface area contributed by atoms with E-state index in [1.807, 2.05) is 0 Å². The largest absolute Gasteiger partial charge is 0.481 e. The van der Waals surface area contributed by atoms with Crippen LogP contribution in [-0.2, 0) is 38.2 Å². The molecule has 1 aliphatic carbocycles. The average Bonchev–Trinajstić information content (AvgIpc) is 3.15. The van der Waals surface area contributed by atoms with Crippen LogP contribution in [0.25, 0.3) is 0 Å². The molecule has 0 spiro atoms. The zero-order valence-electron chi connectivity index (χ0n) is 33.5. The van der Waals surface area contributed by atoms with E-state index in [-0.39, 0.29) is 75.8 Å². The van der Waals surface area contributed by atoms with Gasteiger partial charge >= 0.3 is 11.9 Å². The molecule has 1 aliphatic rings. The van der Waals surface area contributed by atoms with Gasteiger partial charge in [-0.3, -0.25) is 28.8 Å². The fraction of sp³-hybridized carbons (Fsp3) is 0.857. The standard InChI is InChI=1S/C42H74N2O10/c1-43-40(48)33-54-31-30-53-29-28-44-39(47)27-25-36(42(51)52)32-38(46)35-23-20-34(21-24-35)22-26-37(45)18-16-14-12-10-8-6-4-2-3-5-7-9-11-13-15-17-19-41(49)50/h34-36H,2-33H2,1H3,(H,43,48)(H,44,47)(H,49,50)(H,51,52)/t34?,35?,36-/m1/s1. The highest BCUT2D eigenvalue weighted by atomic mass is 16.5. The van der Waals surface area contributed by atoms with Crippen LogP contribution in [0.2, 0.25) is 0 Å². The Hall–Kier alpha value is -2.86. The second kappa shape index (κ2) is 33.5. The Morgan fingerprint density at radius 3 is 1.65 bits per heavy atom. The number of rotatable bonds is 37. The van der Waals surface area contributed by atoms with Gasteiger partial charge in [0, 0.05) is 51.6 Å². The fourth-order valence-electron chi connectivity index (χ4n) is 7.17. The topological polar surface area (TPSA) is 185 Å². The summed E-state index contributed by atoms with van der Waals surface area (Å²) in [6.45, 7) is 1.03. The monoisotopic (exact) mass is 767 g/mol. The molecule has 4 N–H and O–H groups in total. The Balaban J connectivity index is 2.01. The number of nitrogens with one attached hydrogen (secondary N) is 2. The molecule has 0 heterocycles. The van der Waals surface area contributed by atoms with Crippen molar-refractivity contribution >= 4 is 35.3 Å². The van der Waals surface area contributed by atoms with Crippen LogP contribution < -0.4 is 10.6 Å². The molecule has 312 valence electrons. The number of ether oxygens (including phenoxy) is 2. The highest BCUT2D eigenvalue weighted by Gasteiger charge is 2.30. The molecule has 1 rings (SSSR count). The van der Waals surface area contributed by atoms with E-state index in [9.17, 15) is 33.9 Å². The quantitative estimate of drug-likeness (QED) is 0.0460. The maximum atomic E-state index is 13.0. The lowest BCUT2D eigenvalue weighted by Crippen LogP contribution is -2.30. The summed E-state index contributed by atoms with van der Waals surface area (Å²) in [5, 5.41) is 23.5. The number of aliphatic carboxylic acids is 2. The van der Waals surface area contributed by atoms with Gasteiger partial charge in [-0.05, 0) is 57.3 Å². The van der Waals surface area contributed by atoms with Crippen LogP contribution in [0.5, 0.6) is 0 Å². The molecular formula is C42H74N2O10. The van der Waals surface area contributed by atoms with Gasteiger partial charge in [0.05, 0.1) is 25.7 Å². The van der Waals surface area contributed by atoms with E-state index in [1.165, 1.54) is 77.7 Å². The smallest absolute Gasteiger partial charge is 0.306 e. The first-order chi connectivity index (χ1) is 26.1. The Kier molecular flexibility index (Phi) is 30.5. The highest BCUT2D eigenvalue weighted by molar-refractivity contribution is 5.86. The first kappa shape index (κ1) is 49.2. The molecule has 0 bridgehead atoms. The van der Waals surface area contributed by atoms with Crippen molar-refractivity contribution in [3.63, 3.8) is 0 Å². The summed E-state index contributed by atoms with van der Waals surface area (Å²) >= 11 is 0. The molecule has 0 saturated heterocycles. The number of carboxylic acids is 2. The maximum absolute atomic E-state index is 13.0. The number of carbonyl (C=O) groups is 6. The minimum atomic E-state index is -1.06. The molecule has 12 heteroatoms. The number of amides is 2. The average molecular weight is 767 g/mol. The van der Waals surface area contributed by atoms with E-state index in [0.29, 0.717) is 31.0 Å². The number of likely N-dealkylation sites (N-methyl/N-ethyl adjacent to an activating group) is 1. The number of carboxylic acid groups (broad SMARTS) is 2. The van der Waals surface area contributed by atoms with Crippen molar-refractivity contribution < 1.29 is 48.5 Å². The zero-order chi connectivity index (χ0) is 39.7. The SMILES string of the molecule is CNC(=O)COCCOCCNC(=O)CC[C@H](CC(=O)C1CCC(CCC(=O)CCCCCCCCCCCCCCCCCCC(=O)O)CC1)C(=O)O. The molecule has 1 atom stereocenters. The first-order valence-corrected chi connectivity index (χ1v) is 21.2. The molecular weight excluding hydrogens is 692 g/mol. The van der Waals surface area contributed by atoms with E-state index in [4.69, 9.17) is 14.6 Å². The molecule has 12 nitrogen and oxygen atoms in total. The zero-order valence-corrected chi connectivity index (χ0v) is 33.5. The van der Waals surface area contributed by atoms with Crippen LogP contribution >= 0.6 is 0 Å². The fourth-order valence-corrected chi connectivity index (χ4v) is 7.17. The van der Waals surface area contributed by atoms with Crippen molar-refractivity contribution in [3.05, 3.63) is 0 Å². The molecule has 1 fully saturated rings. The lowest BCUT2D eigenvalue weighted by Gasteiger charge is -2.28. The third-order valence-electron chi connectivity index (χ3n) is 10.7.